The average Bonchev–Trinajstić information content (AvgIpc) is 2.43. The van der Waals surface area contributed by atoms with Crippen LogP contribution in [0, 0.1) is 23.7 Å². The topological polar surface area (TPSA) is 35.5 Å². The van der Waals surface area contributed by atoms with E-state index < -0.39 is 0 Å². The van der Waals surface area contributed by atoms with Crippen molar-refractivity contribution in [3.05, 3.63) is 12.2 Å². The fraction of sp³-hybridized carbons (Fsp3) is 0.824. The van der Waals surface area contributed by atoms with Crippen molar-refractivity contribution in [3.63, 3.8) is 0 Å². The number of carbonyl (C=O) groups is 1. The van der Waals surface area contributed by atoms with Gasteiger partial charge in [-0.2, -0.15) is 0 Å². The highest BCUT2D eigenvalue weighted by Crippen LogP contribution is 2.60. The molecule has 0 aromatic rings. The molecule has 0 N–H and O–H groups in total. The van der Waals surface area contributed by atoms with Gasteiger partial charge in [0, 0.05) is 0 Å². The first-order valence-corrected chi connectivity index (χ1v) is 7.98. The Morgan fingerprint density at radius 2 is 1.90 bits per heavy atom. The van der Waals surface area contributed by atoms with Crippen LogP contribution in [-0.4, -0.2) is 25.3 Å². The van der Waals surface area contributed by atoms with Crippen LogP contribution in [-0.2, 0) is 14.3 Å². The van der Waals surface area contributed by atoms with Gasteiger partial charge < -0.3 is 9.47 Å². The van der Waals surface area contributed by atoms with E-state index in [-0.39, 0.29) is 11.6 Å². The van der Waals surface area contributed by atoms with E-state index in [0.717, 1.165) is 17.8 Å². The molecule has 0 radical (unpaired) electrons. The van der Waals surface area contributed by atoms with Gasteiger partial charge in [0.2, 0.25) is 0 Å². The molecule has 0 amide bonds. The molecule has 4 aliphatic rings. The number of rotatable bonds is 5. The lowest BCUT2D eigenvalue weighted by Gasteiger charge is -2.60. The van der Waals surface area contributed by atoms with Crippen molar-refractivity contribution in [3.8, 4) is 0 Å². The average molecular weight is 278 g/mol. The third-order valence-electron chi connectivity index (χ3n) is 5.90. The molecule has 0 spiro atoms. The van der Waals surface area contributed by atoms with Crippen molar-refractivity contribution < 1.29 is 14.3 Å². The van der Waals surface area contributed by atoms with Gasteiger partial charge >= 0.3 is 5.97 Å². The largest absolute Gasteiger partial charge is 0.466 e. The zero-order valence-electron chi connectivity index (χ0n) is 12.7. The molecule has 0 aliphatic heterocycles. The van der Waals surface area contributed by atoms with Gasteiger partial charge in [-0.25, -0.2) is 4.79 Å². The number of hydrogen-bond donors (Lipinski definition) is 0. The Balaban J connectivity index is 1.72. The van der Waals surface area contributed by atoms with Crippen molar-refractivity contribution in [2.24, 2.45) is 23.7 Å². The SMILES string of the molecule is C=C(COC12CC3CC(CC(C3)C1CC)C2)C(=O)OC. The lowest BCUT2D eigenvalue weighted by Crippen LogP contribution is -2.58. The Morgan fingerprint density at radius 3 is 2.45 bits per heavy atom. The summed E-state index contributed by atoms with van der Waals surface area (Å²) in [6.45, 7) is 6.41. The molecule has 4 bridgehead atoms. The molecular weight excluding hydrogens is 252 g/mol. The highest BCUT2D eigenvalue weighted by atomic mass is 16.5. The predicted octanol–water partition coefficient (Wildman–Crippen LogP) is 3.34. The molecule has 4 fully saturated rings. The molecule has 3 heteroatoms. The fourth-order valence-corrected chi connectivity index (χ4v) is 5.44. The minimum absolute atomic E-state index is 0.0143. The van der Waals surface area contributed by atoms with Crippen molar-refractivity contribution in [1.82, 2.24) is 0 Å². The van der Waals surface area contributed by atoms with E-state index in [4.69, 9.17) is 9.47 Å². The Bertz CT molecular complexity index is 400. The minimum atomic E-state index is -0.345. The van der Waals surface area contributed by atoms with Crippen LogP contribution in [0.2, 0.25) is 0 Å². The Kier molecular flexibility index (Phi) is 3.65. The van der Waals surface area contributed by atoms with Gasteiger partial charge in [0.15, 0.2) is 0 Å². The van der Waals surface area contributed by atoms with Crippen molar-refractivity contribution in [1.29, 1.82) is 0 Å². The second kappa shape index (κ2) is 5.18. The summed E-state index contributed by atoms with van der Waals surface area (Å²) >= 11 is 0. The van der Waals surface area contributed by atoms with Gasteiger partial charge in [0.05, 0.1) is 24.9 Å². The number of methoxy groups -OCH3 is 1. The Labute approximate surface area is 121 Å². The smallest absolute Gasteiger partial charge is 0.335 e. The summed E-state index contributed by atoms with van der Waals surface area (Å²) in [5, 5.41) is 0. The maximum absolute atomic E-state index is 11.5. The standard InChI is InChI=1S/C17H26O3/c1-4-15-14-6-12-5-13(7-14)9-17(15,8-12)20-10-11(2)16(18)19-3/h12-15H,2,4-10H2,1,3H3. The number of ether oxygens (including phenoxy) is 2. The van der Waals surface area contributed by atoms with Crippen LogP contribution in [0.1, 0.15) is 45.4 Å². The minimum Gasteiger partial charge on any atom is -0.466 e. The second-order valence-electron chi connectivity index (χ2n) is 7.07. The quantitative estimate of drug-likeness (QED) is 0.571. The first-order valence-electron chi connectivity index (χ1n) is 7.98. The molecular formula is C17H26O3. The molecule has 3 atom stereocenters. The van der Waals surface area contributed by atoms with E-state index in [0.29, 0.717) is 18.1 Å². The van der Waals surface area contributed by atoms with E-state index in [2.05, 4.69) is 13.5 Å². The van der Waals surface area contributed by atoms with Crippen molar-refractivity contribution in [2.75, 3.05) is 13.7 Å². The molecule has 0 heterocycles. The van der Waals surface area contributed by atoms with E-state index in [1.165, 1.54) is 45.6 Å². The zero-order chi connectivity index (χ0) is 14.3. The summed E-state index contributed by atoms with van der Waals surface area (Å²) < 4.78 is 11.0. The number of hydrogen-bond acceptors (Lipinski definition) is 3. The number of esters is 1. The third-order valence-corrected chi connectivity index (χ3v) is 5.90. The number of carbonyl (C=O) groups excluding carboxylic acids is 1. The zero-order valence-corrected chi connectivity index (χ0v) is 12.7. The molecule has 4 saturated carbocycles. The summed E-state index contributed by atoms with van der Waals surface area (Å²) in [5.74, 6) is 2.87. The fourth-order valence-electron chi connectivity index (χ4n) is 5.44. The monoisotopic (exact) mass is 278 g/mol. The molecule has 3 nitrogen and oxygen atoms in total. The highest BCUT2D eigenvalue weighted by Gasteiger charge is 2.57. The second-order valence-corrected chi connectivity index (χ2v) is 7.07. The van der Waals surface area contributed by atoms with Crippen LogP contribution >= 0.6 is 0 Å². The van der Waals surface area contributed by atoms with E-state index in [1.807, 2.05) is 0 Å². The van der Waals surface area contributed by atoms with Crippen LogP contribution in [0.25, 0.3) is 0 Å². The van der Waals surface area contributed by atoms with Gasteiger partial charge in [-0.15, -0.1) is 0 Å². The summed E-state index contributed by atoms with van der Waals surface area (Å²) in [7, 11) is 1.40. The Hall–Kier alpha value is -0.830. The maximum atomic E-state index is 11.5. The molecule has 0 aromatic heterocycles. The first kappa shape index (κ1) is 14.1. The molecule has 3 unspecified atom stereocenters. The van der Waals surface area contributed by atoms with E-state index >= 15 is 0 Å². The first-order chi connectivity index (χ1) is 9.58. The molecule has 0 saturated heterocycles. The summed E-state index contributed by atoms with van der Waals surface area (Å²) in [4.78, 5) is 11.5. The molecule has 0 aromatic carbocycles. The van der Waals surface area contributed by atoms with Crippen LogP contribution in [0.3, 0.4) is 0 Å². The summed E-state index contributed by atoms with van der Waals surface area (Å²) in [6, 6.07) is 0. The van der Waals surface area contributed by atoms with Crippen molar-refractivity contribution >= 4 is 5.97 Å². The maximum Gasteiger partial charge on any atom is 0.335 e. The van der Waals surface area contributed by atoms with Crippen LogP contribution in [0.15, 0.2) is 12.2 Å². The van der Waals surface area contributed by atoms with Crippen LogP contribution < -0.4 is 0 Å². The van der Waals surface area contributed by atoms with Gasteiger partial charge in [-0.05, 0) is 55.8 Å². The molecule has 4 rings (SSSR count). The predicted molar refractivity (Wildman–Crippen MR) is 77.2 cm³/mol. The van der Waals surface area contributed by atoms with Gasteiger partial charge in [-0.1, -0.05) is 19.9 Å². The highest BCUT2D eigenvalue weighted by molar-refractivity contribution is 5.87. The van der Waals surface area contributed by atoms with E-state index in [9.17, 15) is 4.79 Å². The Morgan fingerprint density at radius 1 is 1.25 bits per heavy atom. The van der Waals surface area contributed by atoms with Crippen LogP contribution in [0.4, 0.5) is 0 Å². The normalized spacial score (nSPS) is 41.7. The van der Waals surface area contributed by atoms with Gasteiger partial charge in [0.1, 0.15) is 0 Å². The summed E-state index contributed by atoms with van der Waals surface area (Å²) in [5.41, 5.74) is 0.457. The molecule has 112 valence electrons. The molecule has 20 heavy (non-hydrogen) atoms. The lowest BCUT2D eigenvalue weighted by atomic mass is 9.49. The van der Waals surface area contributed by atoms with Gasteiger partial charge in [-0.3, -0.25) is 0 Å². The summed E-state index contributed by atoms with van der Waals surface area (Å²) in [6.07, 6.45) is 7.76. The third kappa shape index (κ3) is 2.20. The van der Waals surface area contributed by atoms with E-state index in [1.54, 1.807) is 0 Å². The lowest BCUT2D eigenvalue weighted by molar-refractivity contribution is -0.199. The van der Waals surface area contributed by atoms with Crippen LogP contribution in [0.5, 0.6) is 0 Å². The molecule has 4 aliphatic carbocycles. The van der Waals surface area contributed by atoms with Gasteiger partial charge in [0.25, 0.3) is 0 Å². The van der Waals surface area contributed by atoms with Crippen molar-refractivity contribution in [2.45, 2.75) is 51.0 Å².